The van der Waals surface area contributed by atoms with Crippen molar-refractivity contribution in [3.63, 3.8) is 0 Å². The first-order valence-electron chi connectivity index (χ1n) is 9.73. The first kappa shape index (κ1) is 19.4. The maximum Gasteiger partial charge on any atom is 0.233 e. The highest BCUT2D eigenvalue weighted by Gasteiger charge is 2.55. The van der Waals surface area contributed by atoms with E-state index in [1.54, 1.807) is 12.1 Å². The van der Waals surface area contributed by atoms with Gasteiger partial charge < -0.3 is 9.52 Å². The molecule has 0 radical (unpaired) electrons. The third-order valence-corrected chi connectivity index (χ3v) is 7.26. The van der Waals surface area contributed by atoms with Crippen molar-refractivity contribution in [1.82, 2.24) is 4.90 Å². The first-order chi connectivity index (χ1) is 14.3. The Morgan fingerprint density at radius 1 is 1.17 bits per heavy atom. The maximum absolute atomic E-state index is 13.0. The third-order valence-electron chi connectivity index (χ3n) is 6.67. The molecule has 1 N–H and O–H groups in total. The summed E-state index contributed by atoms with van der Waals surface area (Å²) in [4.78, 5) is 52.5. The van der Waals surface area contributed by atoms with Crippen LogP contribution in [-0.4, -0.2) is 40.4 Å². The predicted octanol–water partition coefficient (Wildman–Crippen LogP) is 2.16. The summed E-state index contributed by atoms with van der Waals surface area (Å²) >= 11 is 3.18. The van der Waals surface area contributed by atoms with E-state index in [0.29, 0.717) is 29.1 Å². The summed E-state index contributed by atoms with van der Waals surface area (Å²) in [6.45, 7) is -0.290. The van der Waals surface area contributed by atoms with Crippen molar-refractivity contribution in [3.8, 4) is 0 Å². The number of Topliss-reactive ketones (excluding diaryl/α,β-unsaturated/α-hetero) is 1. The summed E-state index contributed by atoms with van der Waals surface area (Å²) in [5, 5.41) is 9.41. The lowest BCUT2D eigenvalue weighted by Crippen LogP contribution is -2.39. The van der Waals surface area contributed by atoms with Crippen LogP contribution < -0.4 is 0 Å². The van der Waals surface area contributed by atoms with Gasteiger partial charge >= 0.3 is 0 Å². The fraction of sp³-hybridized carbons (Fsp3) is 0.364. The number of rotatable bonds is 2. The molecule has 2 amide bonds. The van der Waals surface area contributed by atoms with E-state index in [1.165, 1.54) is 18.0 Å². The van der Waals surface area contributed by atoms with Crippen molar-refractivity contribution in [2.75, 3.05) is 7.05 Å². The third kappa shape index (κ3) is 2.53. The molecule has 1 aliphatic heterocycles. The van der Waals surface area contributed by atoms with E-state index in [4.69, 9.17) is 4.42 Å². The Kier molecular flexibility index (Phi) is 4.34. The van der Waals surface area contributed by atoms with Crippen LogP contribution in [0.5, 0.6) is 0 Å². The van der Waals surface area contributed by atoms with Gasteiger partial charge in [-0.1, -0.05) is 11.6 Å². The smallest absolute Gasteiger partial charge is 0.233 e. The molecule has 5 rings (SSSR count). The molecule has 3 aliphatic carbocycles. The van der Waals surface area contributed by atoms with Crippen molar-refractivity contribution in [3.05, 3.63) is 57.0 Å². The second kappa shape index (κ2) is 6.72. The minimum Gasteiger partial charge on any atom is -0.463 e. The van der Waals surface area contributed by atoms with Crippen molar-refractivity contribution in [2.24, 2.45) is 17.8 Å². The molecule has 0 unspecified atom stereocenters. The lowest BCUT2D eigenvalue weighted by Gasteiger charge is -2.41. The summed E-state index contributed by atoms with van der Waals surface area (Å²) in [5.41, 5.74) is 1.55. The quantitative estimate of drug-likeness (QED) is 0.402. The molecule has 4 aliphatic rings. The highest BCUT2D eigenvalue weighted by atomic mass is 79.9. The monoisotopic (exact) mass is 471 g/mol. The van der Waals surface area contributed by atoms with Gasteiger partial charge in [0.2, 0.25) is 11.8 Å². The number of ketones is 2. The van der Waals surface area contributed by atoms with E-state index in [-0.39, 0.29) is 46.8 Å². The van der Waals surface area contributed by atoms with E-state index >= 15 is 0 Å². The van der Waals surface area contributed by atoms with Gasteiger partial charge in [0.05, 0.1) is 22.2 Å². The van der Waals surface area contributed by atoms with Crippen LogP contribution in [0.3, 0.4) is 0 Å². The number of fused-ring (bicyclic) bond motifs is 3. The number of furan rings is 1. The summed E-state index contributed by atoms with van der Waals surface area (Å²) in [7, 11) is 1.49. The summed E-state index contributed by atoms with van der Waals surface area (Å²) in [5.74, 6) is -2.22. The molecule has 2 heterocycles. The SMILES string of the molecule is CN1C(=O)[C@H]2[C@H](CC=C3[C@H](c4ccc(CO)o4)C4=C(C[C@H]32)C(=O)C(Br)=CC4=O)C1=O. The summed E-state index contributed by atoms with van der Waals surface area (Å²) in [6, 6.07) is 3.32. The minimum absolute atomic E-state index is 0.186. The van der Waals surface area contributed by atoms with E-state index in [9.17, 15) is 24.3 Å². The molecule has 1 fully saturated rings. The highest BCUT2D eigenvalue weighted by Crippen LogP contribution is 2.55. The van der Waals surface area contributed by atoms with Gasteiger partial charge in [-0.25, -0.2) is 0 Å². The van der Waals surface area contributed by atoms with E-state index in [2.05, 4.69) is 15.9 Å². The molecule has 1 saturated heterocycles. The topological polar surface area (TPSA) is 105 Å². The molecule has 0 bridgehead atoms. The Balaban J connectivity index is 1.70. The van der Waals surface area contributed by atoms with Crippen molar-refractivity contribution < 1.29 is 28.7 Å². The maximum atomic E-state index is 13.0. The average Bonchev–Trinajstić information content (AvgIpc) is 3.30. The molecule has 7 nitrogen and oxygen atoms in total. The number of allylic oxidation sites excluding steroid dienone is 6. The van der Waals surface area contributed by atoms with Crippen LogP contribution in [-0.2, 0) is 25.8 Å². The zero-order valence-electron chi connectivity index (χ0n) is 16.1. The minimum atomic E-state index is -0.623. The molecular formula is C22H18BrNO6. The van der Waals surface area contributed by atoms with E-state index in [1.807, 2.05) is 6.08 Å². The van der Waals surface area contributed by atoms with Crippen molar-refractivity contribution in [1.29, 1.82) is 0 Å². The largest absolute Gasteiger partial charge is 0.463 e. The fourth-order valence-electron chi connectivity index (χ4n) is 5.33. The van der Waals surface area contributed by atoms with Crippen molar-refractivity contribution >= 4 is 39.3 Å². The zero-order valence-corrected chi connectivity index (χ0v) is 17.6. The van der Waals surface area contributed by atoms with Gasteiger partial charge in [-0.15, -0.1) is 0 Å². The number of aliphatic hydroxyl groups is 1. The van der Waals surface area contributed by atoms with Crippen LogP contribution in [0, 0.1) is 17.8 Å². The Hall–Kier alpha value is -2.58. The molecule has 8 heteroatoms. The molecule has 1 aromatic heterocycles. The van der Waals surface area contributed by atoms with Crippen molar-refractivity contribution in [2.45, 2.75) is 25.4 Å². The number of likely N-dealkylation sites (tertiary alicyclic amines) is 1. The van der Waals surface area contributed by atoms with Crippen LogP contribution >= 0.6 is 15.9 Å². The first-order valence-corrected chi connectivity index (χ1v) is 10.5. The second-order valence-corrected chi connectivity index (χ2v) is 8.95. The van der Waals surface area contributed by atoms with E-state index in [0.717, 1.165) is 5.57 Å². The number of aliphatic hydroxyl groups excluding tert-OH is 1. The Morgan fingerprint density at radius 3 is 2.63 bits per heavy atom. The standard InChI is InChI=1S/C22H18BrNO6/c1-24-21(28)11-4-3-10-12(17(11)22(24)29)6-13-18(15(26)7-14(23)20(13)27)19(10)16-5-2-9(8-25)30-16/h2-3,5,7,11-12,17,19,25H,4,6,8H2,1H3/t11-,12+,17-,19+/m0/s1. The molecule has 4 atom stereocenters. The lowest BCUT2D eigenvalue weighted by atomic mass is 9.60. The number of hydrogen-bond acceptors (Lipinski definition) is 6. The summed E-state index contributed by atoms with van der Waals surface area (Å²) in [6.07, 6.45) is 3.83. The fourth-order valence-corrected chi connectivity index (χ4v) is 5.77. The van der Waals surface area contributed by atoms with Gasteiger partial charge in [0, 0.05) is 24.3 Å². The number of hydrogen-bond donors (Lipinski definition) is 1. The summed E-state index contributed by atoms with van der Waals surface area (Å²) < 4.78 is 5.96. The molecule has 0 spiro atoms. The number of halogens is 1. The number of carbonyl (C=O) groups excluding carboxylic acids is 4. The van der Waals surface area contributed by atoms with Crippen LogP contribution in [0.1, 0.15) is 30.3 Å². The average molecular weight is 472 g/mol. The lowest BCUT2D eigenvalue weighted by molar-refractivity contribution is -0.138. The number of nitrogens with zero attached hydrogens (tertiary/aromatic N) is 1. The van der Waals surface area contributed by atoms with Crippen LogP contribution in [0.25, 0.3) is 0 Å². The van der Waals surface area contributed by atoms with Gasteiger partial charge in [-0.3, -0.25) is 24.1 Å². The zero-order chi connectivity index (χ0) is 21.3. The van der Waals surface area contributed by atoms with Gasteiger partial charge in [0.15, 0.2) is 11.6 Å². The van der Waals surface area contributed by atoms with E-state index < -0.39 is 17.8 Å². The predicted molar refractivity (Wildman–Crippen MR) is 107 cm³/mol. The second-order valence-electron chi connectivity index (χ2n) is 8.09. The van der Waals surface area contributed by atoms with Gasteiger partial charge in [-0.05, 0) is 46.8 Å². The van der Waals surface area contributed by atoms with Crippen LogP contribution in [0.4, 0.5) is 0 Å². The number of carbonyl (C=O) groups is 4. The van der Waals surface area contributed by atoms with Crippen LogP contribution in [0.15, 0.2) is 49.9 Å². The van der Waals surface area contributed by atoms with Crippen LogP contribution in [0.2, 0.25) is 0 Å². The molecule has 0 saturated carbocycles. The Bertz CT molecular complexity index is 1120. The number of imide groups is 1. The molecule has 1 aromatic rings. The van der Waals surface area contributed by atoms with Gasteiger partial charge in [0.1, 0.15) is 18.1 Å². The van der Waals surface area contributed by atoms with Gasteiger partial charge in [-0.2, -0.15) is 0 Å². The van der Waals surface area contributed by atoms with Gasteiger partial charge in [0.25, 0.3) is 0 Å². The Morgan fingerprint density at radius 2 is 1.93 bits per heavy atom. The highest BCUT2D eigenvalue weighted by molar-refractivity contribution is 9.12. The Labute approximate surface area is 180 Å². The molecule has 30 heavy (non-hydrogen) atoms. The normalized spacial score (nSPS) is 30.8. The molecular weight excluding hydrogens is 454 g/mol. The number of amides is 2. The molecule has 154 valence electrons. The molecule has 0 aromatic carbocycles.